The van der Waals surface area contributed by atoms with Crippen LogP contribution in [0.5, 0.6) is 0 Å². The number of rotatable bonds is 3. The highest BCUT2D eigenvalue weighted by Gasteiger charge is 2.23. The Balaban J connectivity index is 1.72. The van der Waals surface area contributed by atoms with Gasteiger partial charge in [-0.3, -0.25) is 4.98 Å². The van der Waals surface area contributed by atoms with Crippen LogP contribution in [0.15, 0.2) is 78.0 Å². The maximum absolute atomic E-state index is 13.5. The molecule has 0 saturated heterocycles. The third kappa shape index (κ3) is 2.73. The second-order valence-corrected chi connectivity index (χ2v) is 8.72. The van der Waals surface area contributed by atoms with Gasteiger partial charge in [0.2, 0.25) is 0 Å². The molecule has 6 heteroatoms. The zero-order valence-electron chi connectivity index (χ0n) is 15.2. The minimum absolute atomic E-state index is 0.192. The second kappa shape index (κ2) is 6.58. The van der Waals surface area contributed by atoms with E-state index in [1.165, 1.54) is 15.7 Å². The van der Waals surface area contributed by atoms with E-state index < -0.39 is 10.0 Å². The highest BCUT2D eigenvalue weighted by Crippen LogP contribution is 2.32. The molecule has 3 heterocycles. The summed E-state index contributed by atoms with van der Waals surface area (Å²) in [5.74, 6) is 0. The van der Waals surface area contributed by atoms with Gasteiger partial charge in [-0.25, -0.2) is 12.4 Å². The molecule has 2 aromatic carbocycles. The third-order valence-electron chi connectivity index (χ3n) is 5.21. The summed E-state index contributed by atoms with van der Waals surface area (Å²) in [4.78, 5) is 4.53. The van der Waals surface area contributed by atoms with Crippen molar-refractivity contribution in [2.24, 2.45) is 0 Å². The number of nitrogens with one attached hydrogen (secondary N) is 1. The summed E-state index contributed by atoms with van der Waals surface area (Å²) in [7, 11) is -3.76. The lowest BCUT2D eigenvalue weighted by Gasteiger charge is -2.13. The molecule has 0 spiro atoms. The minimum Gasteiger partial charge on any atom is -0.313 e. The van der Waals surface area contributed by atoms with Crippen molar-refractivity contribution in [3.63, 3.8) is 0 Å². The van der Waals surface area contributed by atoms with Crippen LogP contribution < -0.4 is 5.32 Å². The maximum atomic E-state index is 13.5. The molecule has 1 aliphatic rings. The number of hydrogen-bond acceptors (Lipinski definition) is 4. The summed E-state index contributed by atoms with van der Waals surface area (Å²) in [6.07, 6.45) is 6.22. The first-order valence-corrected chi connectivity index (χ1v) is 10.7. The average molecular weight is 389 g/mol. The fourth-order valence-electron chi connectivity index (χ4n) is 3.78. The Morgan fingerprint density at radius 3 is 2.71 bits per heavy atom. The van der Waals surface area contributed by atoms with Crippen LogP contribution >= 0.6 is 0 Å². The Bertz CT molecular complexity index is 1340. The van der Waals surface area contributed by atoms with Crippen LogP contribution in [-0.2, 0) is 10.0 Å². The molecule has 0 aliphatic carbocycles. The molecule has 5 nitrogen and oxygen atoms in total. The number of hydrogen-bond donors (Lipinski definition) is 1. The molecule has 0 bridgehead atoms. The molecular formula is C22H19N3O2S. The summed E-state index contributed by atoms with van der Waals surface area (Å²) < 4.78 is 28.4. The van der Waals surface area contributed by atoms with Crippen molar-refractivity contribution >= 4 is 37.4 Å². The van der Waals surface area contributed by atoms with E-state index in [0.717, 1.165) is 41.4 Å². The molecule has 0 unspecified atom stereocenters. The number of para-hydroxylation sites is 2. The zero-order valence-corrected chi connectivity index (χ0v) is 16.0. The van der Waals surface area contributed by atoms with Crippen LogP contribution in [0.1, 0.15) is 12.0 Å². The van der Waals surface area contributed by atoms with Gasteiger partial charge in [0.15, 0.2) is 0 Å². The molecule has 140 valence electrons. The van der Waals surface area contributed by atoms with Crippen molar-refractivity contribution in [1.82, 2.24) is 14.3 Å². The predicted molar refractivity (Wildman–Crippen MR) is 112 cm³/mol. The standard InChI is InChI=1S/C22H19N3O2S/c26-28(27,18-13-17-5-1-3-7-21(17)24-14-18)25-15-20(16-9-11-23-12-10-16)19-6-2-4-8-22(19)25/h1-9,13-15,23H,10-12H2. The highest BCUT2D eigenvalue weighted by molar-refractivity contribution is 7.90. The average Bonchev–Trinajstić information content (AvgIpc) is 3.14. The van der Waals surface area contributed by atoms with Crippen molar-refractivity contribution in [3.05, 3.63) is 78.6 Å². The number of nitrogens with zero attached hydrogens (tertiary/aromatic N) is 2. The van der Waals surface area contributed by atoms with Gasteiger partial charge in [-0.1, -0.05) is 42.5 Å². The first-order valence-electron chi connectivity index (χ1n) is 9.25. The molecule has 2 aromatic heterocycles. The molecule has 0 saturated carbocycles. The second-order valence-electron chi connectivity index (χ2n) is 6.91. The summed E-state index contributed by atoms with van der Waals surface area (Å²) in [5, 5.41) is 5.06. The maximum Gasteiger partial charge on any atom is 0.269 e. The lowest BCUT2D eigenvalue weighted by atomic mass is 10.00. The van der Waals surface area contributed by atoms with Crippen molar-refractivity contribution in [1.29, 1.82) is 0 Å². The fraction of sp³-hybridized carbons (Fsp3) is 0.136. The first kappa shape index (κ1) is 17.2. The zero-order chi connectivity index (χ0) is 19.1. The molecule has 0 radical (unpaired) electrons. The van der Waals surface area contributed by atoms with Gasteiger partial charge in [-0.15, -0.1) is 0 Å². The number of aromatic nitrogens is 2. The van der Waals surface area contributed by atoms with Crippen LogP contribution in [0.2, 0.25) is 0 Å². The van der Waals surface area contributed by atoms with Crippen LogP contribution in [0.3, 0.4) is 0 Å². The van der Waals surface area contributed by atoms with E-state index in [-0.39, 0.29) is 4.90 Å². The first-order chi connectivity index (χ1) is 13.6. The molecule has 28 heavy (non-hydrogen) atoms. The molecular weight excluding hydrogens is 370 g/mol. The molecule has 0 atom stereocenters. The van der Waals surface area contributed by atoms with Crippen molar-refractivity contribution in [3.8, 4) is 0 Å². The lowest BCUT2D eigenvalue weighted by Crippen LogP contribution is -2.20. The van der Waals surface area contributed by atoms with Crippen molar-refractivity contribution in [2.45, 2.75) is 11.3 Å². The van der Waals surface area contributed by atoms with Gasteiger partial charge >= 0.3 is 0 Å². The quantitative estimate of drug-likeness (QED) is 0.579. The van der Waals surface area contributed by atoms with E-state index in [1.54, 1.807) is 12.3 Å². The molecule has 0 fully saturated rings. The molecule has 1 aliphatic heterocycles. The minimum atomic E-state index is -3.76. The summed E-state index contributed by atoms with van der Waals surface area (Å²) >= 11 is 0. The van der Waals surface area contributed by atoms with E-state index >= 15 is 0 Å². The largest absolute Gasteiger partial charge is 0.313 e. The van der Waals surface area contributed by atoms with Gasteiger partial charge in [-0.05, 0) is 36.7 Å². The van der Waals surface area contributed by atoms with E-state index in [9.17, 15) is 8.42 Å². The SMILES string of the molecule is O=S(=O)(c1cnc2ccccc2c1)n1cc(C2=CCNCC2)c2ccccc21. The van der Waals surface area contributed by atoms with Gasteiger partial charge in [-0.2, -0.15) is 0 Å². The van der Waals surface area contributed by atoms with E-state index in [4.69, 9.17) is 0 Å². The van der Waals surface area contributed by atoms with Crippen molar-refractivity contribution < 1.29 is 8.42 Å². The Kier molecular flexibility index (Phi) is 4.03. The Labute approximate surface area is 163 Å². The molecule has 1 N–H and O–H groups in total. The number of pyridine rings is 1. The summed E-state index contributed by atoms with van der Waals surface area (Å²) in [5.41, 5.74) is 3.62. The van der Waals surface area contributed by atoms with Crippen LogP contribution in [0.25, 0.3) is 27.4 Å². The van der Waals surface area contributed by atoms with Crippen LogP contribution in [-0.4, -0.2) is 30.5 Å². The van der Waals surface area contributed by atoms with Gasteiger partial charge in [0.05, 0.1) is 11.0 Å². The van der Waals surface area contributed by atoms with Crippen molar-refractivity contribution in [2.75, 3.05) is 13.1 Å². The van der Waals surface area contributed by atoms with Crippen LogP contribution in [0, 0.1) is 0 Å². The van der Waals surface area contributed by atoms with Gasteiger partial charge in [0.1, 0.15) is 4.90 Å². The van der Waals surface area contributed by atoms with E-state index in [1.807, 2.05) is 48.5 Å². The van der Waals surface area contributed by atoms with E-state index in [0.29, 0.717) is 5.52 Å². The van der Waals surface area contributed by atoms with Crippen LogP contribution in [0.4, 0.5) is 0 Å². The molecule has 0 amide bonds. The predicted octanol–water partition coefficient (Wildman–Crippen LogP) is 3.80. The Morgan fingerprint density at radius 1 is 1.04 bits per heavy atom. The third-order valence-corrected chi connectivity index (χ3v) is 6.85. The summed E-state index contributed by atoms with van der Waals surface area (Å²) in [6.45, 7) is 1.70. The Hall–Kier alpha value is -2.96. The number of fused-ring (bicyclic) bond motifs is 2. The molecule has 5 rings (SSSR count). The lowest BCUT2D eigenvalue weighted by molar-refractivity contribution is 0.589. The number of benzene rings is 2. The van der Waals surface area contributed by atoms with Gasteiger partial charge in [0.25, 0.3) is 10.0 Å². The van der Waals surface area contributed by atoms with E-state index in [2.05, 4.69) is 16.4 Å². The topological polar surface area (TPSA) is 64.0 Å². The Morgan fingerprint density at radius 2 is 1.86 bits per heavy atom. The highest BCUT2D eigenvalue weighted by atomic mass is 32.2. The summed E-state index contributed by atoms with van der Waals surface area (Å²) in [6, 6.07) is 16.9. The van der Waals surface area contributed by atoms with Gasteiger partial charge in [0, 0.05) is 35.3 Å². The molecule has 4 aromatic rings. The van der Waals surface area contributed by atoms with Gasteiger partial charge < -0.3 is 5.32 Å². The fourth-order valence-corrected chi connectivity index (χ4v) is 5.13. The normalized spacial score (nSPS) is 15.1. The monoisotopic (exact) mass is 389 g/mol. The smallest absolute Gasteiger partial charge is 0.269 e.